The van der Waals surface area contributed by atoms with Gasteiger partial charge in [0.1, 0.15) is 5.75 Å². The SMILES string of the molecule is COc1ccc(-c2ccc(NC(=O)c3ccc(C#N)cc3)cc2)cc1CNC(C)C. The van der Waals surface area contributed by atoms with Crippen LogP contribution >= 0.6 is 0 Å². The van der Waals surface area contributed by atoms with Crippen LogP contribution in [0.4, 0.5) is 5.69 Å². The third-order valence-electron chi connectivity index (χ3n) is 4.73. The number of nitrogens with zero attached hydrogens (tertiary/aromatic N) is 1. The van der Waals surface area contributed by atoms with E-state index in [4.69, 9.17) is 10.00 Å². The first-order valence-corrected chi connectivity index (χ1v) is 9.82. The van der Waals surface area contributed by atoms with Crippen LogP contribution < -0.4 is 15.4 Å². The minimum absolute atomic E-state index is 0.210. The molecule has 0 bridgehead atoms. The molecule has 0 saturated carbocycles. The van der Waals surface area contributed by atoms with Gasteiger partial charge in [-0.05, 0) is 59.7 Å². The molecule has 2 N–H and O–H groups in total. The molecular weight excluding hydrogens is 374 g/mol. The van der Waals surface area contributed by atoms with E-state index in [0.29, 0.717) is 22.9 Å². The lowest BCUT2D eigenvalue weighted by Gasteiger charge is -2.14. The number of carbonyl (C=O) groups excluding carboxylic acids is 1. The maximum absolute atomic E-state index is 12.4. The van der Waals surface area contributed by atoms with Gasteiger partial charge >= 0.3 is 0 Å². The highest BCUT2D eigenvalue weighted by atomic mass is 16.5. The molecule has 152 valence electrons. The molecule has 5 nitrogen and oxygen atoms in total. The fraction of sp³-hybridized carbons (Fsp3) is 0.200. The fourth-order valence-electron chi connectivity index (χ4n) is 3.06. The van der Waals surface area contributed by atoms with Crippen LogP contribution in [0.1, 0.15) is 35.3 Å². The lowest BCUT2D eigenvalue weighted by molar-refractivity contribution is 0.102. The number of rotatable bonds is 7. The zero-order valence-electron chi connectivity index (χ0n) is 17.4. The van der Waals surface area contributed by atoms with Crippen LogP contribution in [0.3, 0.4) is 0 Å². The van der Waals surface area contributed by atoms with Crippen molar-refractivity contribution >= 4 is 11.6 Å². The average molecular weight is 399 g/mol. The van der Waals surface area contributed by atoms with Crippen molar-refractivity contribution in [2.75, 3.05) is 12.4 Å². The second kappa shape index (κ2) is 9.73. The van der Waals surface area contributed by atoms with Crippen molar-refractivity contribution in [3.05, 3.63) is 83.4 Å². The first-order chi connectivity index (χ1) is 14.5. The van der Waals surface area contributed by atoms with E-state index in [9.17, 15) is 4.79 Å². The van der Waals surface area contributed by atoms with Crippen LogP contribution in [-0.4, -0.2) is 19.1 Å². The summed E-state index contributed by atoms with van der Waals surface area (Å²) in [5.41, 5.74) is 4.99. The molecule has 5 heteroatoms. The minimum atomic E-state index is -0.210. The van der Waals surface area contributed by atoms with Gasteiger partial charge in [0.15, 0.2) is 0 Å². The molecule has 0 unspecified atom stereocenters. The van der Waals surface area contributed by atoms with Gasteiger partial charge in [0.2, 0.25) is 0 Å². The standard InChI is InChI=1S/C25H25N3O2/c1-17(2)27-16-22-14-21(10-13-24(22)30-3)19-8-11-23(12-9-19)28-25(29)20-6-4-18(15-26)5-7-20/h4-14,17,27H,16H2,1-3H3,(H,28,29). The van der Waals surface area contributed by atoms with Crippen molar-refractivity contribution in [3.63, 3.8) is 0 Å². The Labute approximate surface area is 177 Å². The zero-order chi connectivity index (χ0) is 21.5. The van der Waals surface area contributed by atoms with E-state index < -0.39 is 0 Å². The molecule has 0 aliphatic carbocycles. The maximum atomic E-state index is 12.4. The van der Waals surface area contributed by atoms with E-state index in [-0.39, 0.29) is 5.91 Å². The normalized spacial score (nSPS) is 10.5. The summed E-state index contributed by atoms with van der Waals surface area (Å²) in [6.07, 6.45) is 0. The highest BCUT2D eigenvalue weighted by molar-refractivity contribution is 6.04. The van der Waals surface area contributed by atoms with Crippen LogP contribution in [0.2, 0.25) is 0 Å². The highest BCUT2D eigenvalue weighted by Crippen LogP contribution is 2.28. The van der Waals surface area contributed by atoms with Gasteiger partial charge in [0.25, 0.3) is 5.91 Å². The molecule has 0 heterocycles. The number of methoxy groups -OCH3 is 1. The first kappa shape index (κ1) is 21.1. The fourth-order valence-corrected chi connectivity index (χ4v) is 3.06. The second-order valence-electron chi connectivity index (χ2n) is 7.28. The minimum Gasteiger partial charge on any atom is -0.496 e. The Morgan fingerprint density at radius 2 is 1.67 bits per heavy atom. The molecule has 0 radical (unpaired) electrons. The number of nitriles is 1. The van der Waals surface area contributed by atoms with Crippen molar-refractivity contribution in [1.29, 1.82) is 5.26 Å². The maximum Gasteiger partial charge on any atom is 0.255 e. The quantitative estimate of drug-likeness (QED) is 0.587. The molecule has 0 atom stereocenters. The van der Waals surface area contributed by atoms with Crippen LogP contribution in [-0.2, 0) is 6.54 Å². The van der Waals surface area contributed by atoms with Gasteiger partial charge in [-0.25, -0.2) is 0 Å². The molecule has 30 heavy (non-hydrogen) atoms. The number of carbonyl (C=O) groups is 1. The molecule has 0 spiro atoms. The van der Waals surface area contributed by atoms with Gasteiger partial charge in [-0.1, -0.05) is 32.0 Å². The molecule has 1 amide bonds. The lowest BCUT2D eigenvalue weighted by atomic mass is 10.0. The lowest BCUT2D eigenvalue weighted by Crippen LogP contribution is -2.22. The molecule has 0 aliphatic rings. The largest absolute Gasteiger partial charge is 0.496 e. The monoisotopic (exact) mass is 399 g/mol. The number of benzene rings is 3. The van der Waals surface area contributed by atoms with Gasteiger partial charge < -0.3 is 15.4 Å². The van der Waals surface area contributed by atoms with Crippen molar-refractivity contribution < 1.29 is 9.53 Å². The molecule has 0 aliphatic heterocycles. The first-order valence-electron chi connectivity index (χ1n) is 9.82. The topological polar surface area (TPSA) is 74.1 Å². The van der Waals surface area contributed by atoms with Crippen molar-refractivity contribution in [3.8, 4) is 22.9 Å². The Balaban J connectivity index is 1.74. The molecule has 0 fully saturated rings. The Hall–Kier alpha value is -3.62. The van der Waals surface area contributed by atoms with Crippen LogP contribution in [0.25, 0.3) is 11.1 Å². The summed E-state index contributed by atoms with van der Waals surface area (Å²) in [5.74, 6) is 0.650. The summed E-state index contributed by atoms with van der Waals surface area (Å²) < 4.78 is 5.48. The van der Waals surface area contributed by atoms with E-state index >= 15 is 0 Å². The molecule has 3 aromatic rings. The summed E-state index contributed by atoms with van der Waals surface area (Å²) in [6, 6.07) is 22.8. The molecular formula is C25H25N3O2. The molecule has 3 rings (SSSR count). The number of nitrogens with one attached hydrogen (secondary N) is 2. The third-order valence-corrected chi connectivity index (χ3v) is 4.73. The van der Waals surface area contributed by atoms with E-state index in [2.05, 4.69) is 30.5 Å². The predicted octanol–water partition coefficient (Wildman–Crippen LogP) is 4.98. The highest BCUT2D eigenvalue weighted by Gasteiger charge is 2.09. The van der Waals surface area contributed by atoms with E-state index in [1.54, 1.807) is 31.4 Å². The molecule has 0 saturated heterocycles. The van der Waals surface area contributed by atoms with Crippen LogP contribution in [0, 0.1) is 11.3 Å². The Morgan fingerprint density at radius 1 is 1.00 bits per heavy atom. The van der Waals surface area contributed by atoms with Crippen molar-refractivity contribution in [2.45, 2.75) is 26.4 Å². The smallest absolute Gasteiger partial charge is 0.255 e. The average Bonchev–Trinajstić information content (AvgIpc) is 2.78. The van der Waals surface area contributed by atoms with Gasteiger partial charge in [0.05, 0.1) is 18.7 Å². The van der Waals surface area contributed by atoms with E-state index in [1.807, 2.05) is 42.5 Å². The summed E-state index contributed by atoms with van der Waals surface area (Å²) in [4.78, 5) is 12.4. The van der Waals surface area contributed by atoms with Crippen molar-refractivity contribution in [2.24, 2.45) is 0 Å². The second-order valence-corrected chi connectivity index (χ2v) is 7.28. The summed E-state index contributed by atoms with van der Waals surface area (Å²) in [7, 11) is 1.68. The Morgan fingerprint density at radius 3 is 2.27 bits per heavy atom. The van der Waals surface area contributed by atoms with Gasteiger partial charge in [-0.3, -0.25) is 4.79 Å². The van der Waals surface area contributed by atoms with E-state index in [0.717, 1.165) is 29.0 Å². The van der Waals surface area contributed by atoms with Crippen LogP contribution in [0.15, 0.2) is 66.7 Å². The number of hydrogen-bond donors (Lipinski definition) is 2. The number of anilines is 1. The predicted molar refractivity (Wildman–Crippen MR) is 120 cm³/mol. The summed E-state index contributed by atoms with van der Waals surface area (Å²) in [5, 5.41) is 15.2. The zero-order valence-corrected chi connectivity index (χ0v) is 17.4. The number of hydrogen-bond acceptors (Lipinski definition) is 4. The summed E-state index contributed by atoms with van der Waals surface area (Å²) in [6.45, 7) is 4.95. The summed E-state index contributed by atoms with van der Waals surface area (Å²) >= 11 is 0. The van der Waals surface area contributed by atoms with E-state index in [1.165, 1.54) is 0 Å². The van der Waals surface area contributed by atoms with Gasteiger partial charge in [-0.15, -0.1) is 0 Å². The number of amides is 1. The Kier molecular flexibility index (Phi) is 6.84. The van der Waals surface area contributed by atoms with Crippen LogP contribution in [0.5, 0.6) is 5.75 Å². The number of ether oxygens (including phenoxy) is 1. The van der Waals surface area contributed by atoms with Gasteiger partial charge in [0, 0.05) is 29.4 Å². The third kappa shape index (κ3) is 5.25. The molecule has 0 aromatic heterocycles. The Bertz CT molecular complexity index is 1050. The van der Waals surface area contributed by atoms with Gasteiger partial charge in [-0.2, -0.15) is 5.26 Å². The molecule has 3 aromatic carbocycles. The van der Waals surface area contributed by atoms with Crippen molar-refractivity contribution in [1.82, 2.24) is 5.32 Å².